The van der Waals surface area contributed by atoms with E-state index in [0.717, 1.165) is 42.4 Å². The number of nitrogens with zero attached hydrogens (tertiary/aromatic N) is 3. The molecule has 2 aromatic heterocycles. The van der Waals surface area contributed by atoms with Crippen molar-refractivity contribution in [3.8, 4) is 0 Å². The van der Waals surface area contributed by atoms with Crippen LogP contribution in [0, 0.1) is 5.92 Å². The zero-order valence-electron chi connectivity index (χ0n) is 18.5. The summed E-state index contributed by atoms with van der Waals surface area (Å²) in [7, 11) is 0. The van der Waals surface area contributed by atoms with E-state index in [4.69, 9.17) is 11.6 Å². The number of hydrogen-bond donors (Lipinski definition) is 1. The number of nitrogens with one attached hydrogen (secondary N) is 1. The molecule has 0 spiro atoms. The molecule has 1 N–H and O–H groups in total. The van der Waals surface area contributed by atoms with Crippen LogP contribution in [0.3, 0.4) is 0 Å². The van der Waals surface area contributed by atoms with Crippen molar-refractivity contribution in [3.63, 3.8) is 0 Å². The van der Waals surface area contributed by atoms with Gasteiger partial charge in [-0.3, -0.25) is 9.78 Å². The van der Waals surface area contributed by atoms with E-state index in [1.165, 1.54) is 5.69 Å². The minimum absolute atomic E-state index is 0.0326. The van der Waals surface area contributed by atoms with Crippen LogP contribution in [0.25, 0.3) is 10.9 Å². The van der Waals surface area contributed by atoms with Gasteiger partial charge in [0.05, 0.1) is 0 Å². The number of piperidine rings is 1. The lowest BCUT2D eigenvalue weighted by molar-refractivity contribution is 0.0936. The van der Waals surface area contributed by atoms with Gasteiger partial charge in [-0.05, 0) is 54.7 Å². The number of aromatic nitrogens is 2. The molecule has 0 radical (unpaired) electrons. The van der Waals surface area contributed by atoms with Gasteiger partial charge < -0.3 is 14.8 Å². The molecule has 0 atom stereocenters. The van der Waals surface area contributed by atoms with Gasteiger partial charge in [0, 0.05) is 60.2 Å². The molecule has 33 heavy (non-hydrogen) atoms. The molecule has 1 fully saturated rings. The predicted molar refractivity (Wildman–Crippen MR) is 134 cm³/mol. The molecule has 4 aromatic rings. The van der Waals surface area contributed by atoms with Crippen LogP contribution >= 0.6 is 11.6 Å². The van der Waals surface area contributed by atoms with Gasteiger partial charge in [-0.2, -0.15) is 0 Å². The van der Waals surface area contributed by atoms with E-state index in [0.29, 0.717) is 29.7 Å². The van der Waals surface area contributed by atoms with Crippen LogP contribution in [0.15, 0.2) is 79.1 Å². The highest BCUT2D eigenvalue weighted by atomic mass is 35.5. The first kappa shape index (κ1) is 21.5. The number of halogens is 1. The lowest BCUT2D eigenvalue weighted by atomic mass is 9.96. The SMILES string of the molecule is O=C(NCC1CCN(c2ccncc2)CC1)c1cc2ccccc2n1Cc1ccccc1Cl. The summed E-state index contributed by atoms with van der Waals surface area (Å²) in [4.78, 5) is 19.7. The molecule has 1 aliphatic heterocycles. The molecular formula is C27H27ClN4O. The second-order valence-electron chi connectivity index (χ2n) is 8.61. The lowest BCUT2D eigenvalue weighted by Crippen LogP contribution is -2.39. The first-order chi connectivity index (χ1) is 16.2. The van der Waals surface area contributed by atoms with E-state index >= 15 is 0 Å². The summed E-state index contributed by atoms with van der Waals surface area (Å²) in [5.74, 6) is 0.447. The van der Waals surface area contributed by atoms with Crippen LogP contribution in [0.2, 0.25) is 5.02 Å². The highest BCUT2D eigenvalue weighted by molar-refractivity contribution is 6.31. The van der Waals surface area contributed by atoms with Gasteiger partial charge >= 0.3 is 0 Å². The molecule has 1 amide bonds. The van der Waals surface area contributed by atoms with Gasteiger partial charge in [-0.25, -0.2) is 0 Å². The number of benzene rings is 2. The van der Waals surface area contributed by atoms with E-state index in [-0.39, 0.29) is 5.91 Å². The molecule has 0 saturated carbocycles. The number of carbonyl (C=O) groups excluding carboxylic acids is 1. The summed E-state index contributed by atoms with van der Waals surface area (Å²) in [5.41, 5.74) is 3.92. The van der Waals surface area contributed by atoms with E-state index in [1.54, 1.807) is 0 Å². The molecule has 168 valence electrons. The van der Waals surface area contributed by atoms with Gasteiger partial charge in [-0.1, -0.05) is 48.0 Å². The van der Waals surface area contributed by atoms with Gasteiger partial charge in [0.15, 0.2) is 0 Å². The second kappa shape index (κ2) is 9.67. The van der Waals surface area contributed by atoms with Crippen LogP contribution in [0.4, 0.5) is 5.69 Å². The minimum Gasteiger partial charge on any atom is -0.371 e. The highest BCUT2D eigenvalue weighted by Gasteiger charge is 2.22. The van der Waals surface area contributed by atoms with Crippen LogP contribution in [0.1, 0.15) is 28.9 Å². The Bertz CT molecular complexity index is 1250. The van der Waals surface area contributed by atoms with Gasteiger partial charge in [-0.15, -0.1) is 0 Å². The van der Waals surface area contributed by atoms with Crippen molar-refractivity contribution in [2.24, 2.45) is 5.92 Å². The summed E-state index contributed by atoms with van der Waals surface area (Å²) < 4.78 is 2.07. The summed E-state index contributed by atoms with van der Waals surface area (Å²) in [6.07, 6.45) is 5.79. The number of carbonyl (C=O) groups is 1. The third kappa shape index (κ3) is 4.74. The van der Waals surface area contributed by atoms with Crippen LogP contribution < -0.4 is 10.2 Å². The standard InChI is InChI=1S/C27H27ClN4O/c28-24-7-3-1-6-22(24)19-32-25-8-4-2-5-21(25)17-26(32)27(33)30-18-20-11-15-31(16-12-20)23-9-13-29-14-10-23/h1-10,13-14,17,20H,11-12,15-16,18-19H2,(H,30,33). The van der Waals surface area contributed by atoms with Crippen LogP contribution in [0.5, 0.6) is 0 Å². The average Bonchev–Trinajstić information content (AvgIpc) is 3.23. The fourth-order valence-electron chi connectivity index (χ4n) is 4.64. The summed E-state index contributed by atoms with van der Waals surface area (Å²) >= 11 is 6.42. The fourth-order valence-corrected chi connectivity index (χ4v) is 4.84. The Morgan fingerprint density at radius 2 is 1.73 bits per heavy atom. The molecule has 1 aliphatic rings. The molecule has 5 rings (SSSR count). The molecule has 1 saturated heterocycles. The Morgan fingerprint density at radius 1 is 1.00 bits per heavy atom. The molecule has 5 nitrogen and oxygen atoms in total. The summed E-state index contributed by atoms with van der Waals surface area (Å²) in [6.45, 7) is 3.24. The lowest BCUT2D eigenvalue weighted by Gasteiger charge is -2.33. The van der Waals surface area contributed by atoms with Crippen molar-refractivity contribution in [1.82, 2.24) is 14.9 Å². The summed E-state index contributed by atoms with van der Waals surface area (Å²) in [5, 5.41) is 4.97. The Balaban J connectivity index is 1.28. The molecule has 0 unspecified atom stereocenters. The topological polar surface area (TPSA) is 50.2 Å². The highest BCUT2D eigenvalue weighted by Crippen LogP contribution is 2.25. The number of amides is 1. The quantitative estimate of drug-likeness (QED) is 0.421. The number of rotatable bonds is 6. The normalized spacial score (nSPS) is 14.5. The number of fused-ring (bicyclic) bond motifs is 1. The van der Waals surface area contributed by atoms with Gasteiger partial charge in [0.2, 0.25) is 0 Å². The molecule has 6 heteroatoms. The zero-order valence-corrected chi connectivity index (χ0v) is 19.2. The number of para-hydroxylation sites is 1. The number of hydrogen-bond acceptors (Lipinski definition) is 3. The molecule has 0 aliphatic carbocycles. The maximum Gasteiger partial charge on any atom is 0.267 e. The first-order valence-electron chi connectivity index (χ1n) is 11.4. The van der Waals surface area contributed by atoms with E-state index in [1.807, 2.05) is 60.9 Å². The van der Waals surface area contributed by atoms with E-state index in [9.17, 15) is 4.79 Å². The van der Waals surface area contributed by atoms with Gasteiger partial charge in [0.25, 0.3) is 5.91 Å². The Labute approximate surface area is 199 Å². The Kier molecular flexibility index (Phi) is 6.31. The van der Waals surface area contributed by atoms with Crippen molar-refractivity contribution in [1.29, 1.82) is 0 Å². The average molecular weight is 459 g/mol. The third-order valence-corrected chi connectivity index (χ3v) is 6.89. The molecule has 0 bridgehead atoms. The van der Waals surface area contributed by atoms with Crippen molar-refractivity contribution < 1.29 is 4.79 Å². The van der Waals surface area contributed by atoms with Crippen LogP contribution in [-0.2, 0) is 6.54 Å². The van der Waals surface area contributed by atoms with Crippen molar-refractivity contribution in [2.45, 2.75) is 19.4 Å². The number of anilines is 1. The van der Waals surface area contributed by atoms with E-state index in [2.05, 4.69) is 38.0 Å². The second-order valence-corrected chi connectivity index (χ2v) is 9.02. The Hall–Kier alpha value is -3.31. The first-order valence-corrected chi connectivity index (χ1v) is 11.8. The monoisotopic (exact) mass is 458 g/mol. The third-order valence-electron chi connectivity index (χ3n) is 6.52. The maximum atomic E-state index is 13.3. The Morgan fingerprint density at radius 3 is 2.52 bits per heavy atom. The van der Waals surface area contributed by atoms with Crippen LogP contribution in [-0.4, -0.2) is 35.1 Å². The maximum absolute atomic E-state index is 13.3. The van der Waals surface area contributed by atoms with Crippen molar-refractivity contribution >= 4 is 34.1 Å². The summed E-state index contributed by atoms with van der Waals surface area (Å²) in [6, 6.07) is 22.0. The zero-order chi connectivity index (χ0) is 22.6. The van der Waals surface area contributed by atoms with Crippen molar-refractivity contribution in [2.75, 3.05) is 24.5 Å². The largest absolute Gasteiger partial charge is 0.371 e. The van der Waals surface area contributed by atoms with Gasteiger partial charge in [0.1, 0.15) is 5.69 Å². The number of pyridine rings is 1. The smallest absolute Gasteiger partial charge is 0.267 e. The van der Waals surface area contributed by atoms with E-state index < -0.39 is 0 Å². The minimum atomic E-state index is -0.0326. The van der Waals surface area contributed by atoms with Crippen molar-refractivity contribution in [3.05, 3.63) is 95.4 Å². The molecular weight excluding hydrogens is 432 g/mol. The molecule has 3 heterocycles. The fraction of sp³-hybridized carbons (Fsp3) is 0.259. The predicted octanol–water partition coefficient (Wildman–Crippen LogP) is 5.38. The molecule has 2 aromatic carbocycles.